The predicted octanol–water partition coefficient (Wildman–Crippen LogP) is 5.80. The lowest BCUT2D eigenvalue weighted by molar-refractivity contribution is -0.137. The average Bonchev–Trinajstić information content (AvgIpc) is 3.20. The molecule has 2 unspecified atom stereocenters. The molecule has 0 aromatic heterocycles. The minimum absolute atomic E-state index is 0.0238. The zero-order valence-electron chi connectivity index (χ0n) is 16.6. The summed E-state index contributed by atoms with van der Waals surface area (Å²) < 4.78 is 46.8. The summed E-state index contributed by atoms with van der Waals surface area (Å²) in [7, 11) is 0. The highest BCUT2D eigenvalue weighted by atomic mass is 35.5. The number of nitrogens with zero attached hydrogens (tertiary/aromatic N) is 1. The second-order valence-electron chi connectivity index (χ2n) is 7.62. The van der Waals surface area contributed by atoms with Crippen molar-refractivity contribution in [3.63, 3.8) is 0 Å². The van der Waals surface area contributed by atoms with Gasteiger partial charge in [0.1, 0.15) is 18.2 Å². The van der Waals surface area contributed by atoms with E-state index >= 15 is 0 Å². The first-order chi connectivity index (χ1) is 14.9. The number of benzene rings is 2. The summed E-state index contributed by atoms with van der Waals surface area (Å²) in [5.41, 5.74) is 0.419. The average molecular weight is 448 g/mol. The molecule has 0 saturated carbocycles. The molecular weight excluding hydrogens is 427 g/mol. The van der Waals surface area contributed by atoms with Gasteiger partial charge in [0.25, 0.3) is 0 Å². The maximum atomic E-state index is 13.7. The molecule has 1 amide bonds. The van der Waals surface area contributed by atoms with Gasteiger partial charge in [-0.2, -0.15) is 13.2 Å². The topological polar surface area (TPSA) is 29.5 Å². The van der Waals surface area contributed by atoms with Gasteiger partial charge in [-0.05, 0) is 41.3 Å². The van der Waals surface area contributed by atoms with Crippen LogP contribution in [-0.2, 0) is 22.3 Å². The first kappa shape index (κ1) is 21.5. The molecule has 1 aliphatic heterocycles. The van der Waals surface area contributed by atoms with Crippen LogP contribution in [0, 0.1) is 5.92 Å². The molecule has 0 radical (unpaired) electrons. The summed E-state index contributed by atoms with van der Waals surface area (Å²) in [6.45, 7) is 0.654. The lowest BCUT2D eigenvalue weighted by atomic mass is 9.95. The van der Waals surface area contributed by atoms with E-state index in [2.05, 4.69) is 0 Å². The number of likely N-dealkylation sites (tertiary alicyclic amines) is 1. The minimum atomic E-state index is -4.47. The van der Waals surface area contributed by atoms with Crippen molar-refractivity contribution >= 4 is 17.5 Å². The lowest BCUT2D eigenvalue weighted by Gasteiger charge is -2.26. The molecule has 4 rings (SSSR count). The van der Waals surface area contributed by atoms with E-state index in [4.69, 9.17) is 16.3 Å². The van der Waals surface area contributed by atoms with Gasteiger partial charge in [-0.25, -0.2) is 0 Å². The number of rotatable bonds is 5. The van der Waals surface area contributed by atoms with Crippen molar-refractivity contribution in [3.8, 4) is 11.1 Å². The van der Waals surface area contributed by atoms with E-state index in [9.17, 15) is 18.0 Å². The maximum absolute atomic E-state index is 13.7. The highest BCUT2D eigenvalue weighted by molar-refractivity contribution is 6.27. The number of halogens is 4. The zero-order valence-corrected chi connectivity index (χ0v) is 17.4. The number of hydrogen-bond donors (Lipinski definition) is 0. The number of carbonyl (C=O) groups excluding carboxylic acids is 1. The van der Waals surface area contributed by atoms with Crippen LogP contribution in [0.3, 0.4) is 0 Å². The summed E-state index contributed by atoms with van der Waals surface area (Å²) >= 11 is 5.67. The van der Waals surface area contributed by atoms with Crippen LogP contribution < -0.4 is 0 Å². The van der Waals surface area contributed by atoms with E-state index in [0.29, 0.717) is 23.4 Å². The van der Waals surface area contributed by atoms with Crippen molar-refractivity contribution in [1.82, 2.24) is 4.90 Å². The van der Waals surface area contributed by atoms with Crippen LogP contribution in [0.5, 0.6) is 0 Å². The zero-order chi connectivity index (χ0) is 22.0. The molecule has 2 aromatic carbocycles. The van der Waals surface area contributed by atoms with Gasteiger partial charge < -0.3 is 9.64 Å². The van der Waals surface area contributed by atoms with Crippen molar-refractivity contribution in [2.24, 2.45) is 5.92 Å². The highest BCUT2D eigenvalue weighted by Crippen LogP contribution is 2.38. The number of alkyl halides is 4. The van der Waals surface area contributed by atoms with E-state index < -0.39 is 11.7 Å². The van der Waals surface area contributed by atoms with Gasteiger partial charge in [-0.15, -0.1) is 11.6 Å². The lowest BCUT2D eigenvalue weighted by Crippen LogP contribution is -2.37. The molecule has 3 nitrogen and oxygen atoms in total. The molecule has 1 fully saturated rings. The fourth-order valence-corrected chi connectivity index (χ4v) is 4.30. The standard InChI is InChI=1S/C24H21ClF3NO2/c25-14-23(30)29-11-10-18-13-19(7-9-22(18)29)31-15-16-6-8-20(17-4-2-1-3-5-17)21(12-16)24(26,27)28/h1-9,12-13,18,22H,10-11,14-15H2. The molecule has 2 atom stereocenters. The fourth-order valence-electron chi connectivity index (χ4n) is 4.14. The van der Waals surface area contributed by atoms with E-state index in [0.717, 1.165) is 12.5 Å². The molecule has 1 saturated heterocycles. The minimum Gasteiger partial charge on any atom is -0.489 e. The van der Waals surface area contributed by atoms with Crippen LogP contribution in [0.2, 0.25) is 0 Å². The molecule has 0 N–H and O–H groups in total. The van der Waals surface area contributed by atoms with Crippen LogP contribution in [0.25, 0.3) is 11.1 Å². The second-order valence-corrected chi connectivity index (χ2v) is 7.89. The van der Waals surface area contributed by atoms with Crippen molar-refractivity contribution < 1.29 is 22.7 Å². The molecule has 31 heavy (non-hydrogen) atoms. The van der Waals surface area contributed by atoms with Crippen molar-refractivity contribution in [2.45, 2.75) is 25.2 Å². The van der Waals surface area contributed by atoms with Crippen LogP contribution in [0.1, 0.15) is 17.5 Å². The Bertz CT molecular complexity index is 1020. The third-order valence-corrected chi connectivity index (χ3v) is 5.88. The van der Waals surface area contributed by atoms with Crippen LogP contribution >= 0.6 is 11.6 Å². The first-order valence-electron chi connectivity index (χ1n) is 10.0. The number of fused-ring (bicyclic) bond motifs is 1. The third-order valence-electron chi connectivity index (χ3n) is 5.65. The Morgan fingerprint density at radius 2 is 1.94 bits per heavy atom. The van der Waals surface area contributed by atoms with Gasteiger partial charge >= 0.3 is 6.18 Å². The number of hydrogen-bond acceptors (Lipinski definition) is 2. The van der Waals surface area contributed by atoms with E-state index in [1.54, 1.807) is 47.4 Å². The van der Waals surface area contributed by atoms with Gasteiger partial charge in [0.05, 0.1) is 11.6 Å². The number of carbonyl (C=O) groups is 1. The third kappa shape index (κ3) is 4.64. The molecule has 0 bridgehead atoms. The SMILES string of the molecule is O=C(CCl)N1CCC2C=C(OCc3ccc(-c4ccccc4)c(C(F)(F)F)c3)C=CC21. The van der Waals surface area contributed by atoms with E-state index in [1.165, 1.54) is 6.07 Å². The molecular formula is C24H21ClF3NO2. The number of ether oxygens (including phenoxy) is 1. The second kappa shape index (κ2) is 8.79. The molecule has 162 valence electrons. The quantitative estimate of drug-likeness (QED) is 0.542. The van der Waals surface area contributed by atoms with Crippen molar-refractivity contribution in [2.75, 3.05) is 12.4 Å². The van der Waals surface area contributed by atoms with E-state index in [-0.39, 0.29) is 35.9 Å². The molecule has 2 aliphatic rings. The summed E-state index contributed by atoms with van der Waals surface area (Å²) in [5.74, 6) is 0.570. The molecule has 0 spiro atoms. The monoisotopic (exact) mass is 447 g/mol. The Hall–Kier alpha value is -2.73. The van der Waals surface area contributed by atoms with Gasteiger partial charge in [0, 0.05) is 12.5 Å². The Morgan fingerprint density at radius 1 is 1.16 bits per heavy atom. The normalized spacial score (nSPS) is 20.4. The molecule has 2 aromatic rings. The smallest absolute Gasteiger partial charge is 0.417 e. The summed E-state index contributed by atoms with van der Waals surface area (Å²) in [6, 6.07) is 12.8. The number of amides is 1. The Kier molecular flexibility index (Phi) is 6.10. The largest absolute Gasteiger partial charge is 0.489 e. The Morgan fingerprint density at radius 3 is 2.65 bits per heavy atom. The predicted molar refractivity (Wildman–Crippen MR) is 113 cm³/mol. The van der Waals surface area contributed by atoms with Gasteiger partial charge in [-0.1, -0.05) is 48.5 Å². The van der Waals surface area contributed by atoms with Crippen LogP contribution in [0.15, 0.2) is 72.5 Å². The molecule has 1 aliphatic carbocycles. The van der Waals surface area contributed by atoms with Gasteiger partial charge in [0.2, 0.25) is 5.91 Å². The van der Waals surface area contributed by atoms with Crippen LogP contribution in [0.4, 0.5) is 13.2 Å². The van der Waals surface area contributed by atoms with E-state index in [1.807, 2.05) is 12.2 Å². The first-order valence-corrected chi connectivity index (χ1v) is 10.5. The molecule has 1 heterocycles. The summed E-state index contributed by atoms with van der Waals surface area (Å²) in [4.78, 5) is 13.7. The van der Waals surface area contributed by atoms with Crippen molar-refractivity contribution in [3.05, 3.63) is 83.6 Å². The van der Waals surface area contributed by atoms with Crippen molar-refractivity contribution in [1.29, 1.82) is 0 Å². The molecule has 7 heteroatoms. The Labute approximate surface area is 183 Å². The summed E-state index contributed by atoms with van der Waals surface area (Å²) in [5, 5.41) is 0. The van der Waals surface area contributed by atoms with Gasteiger partial charge in [-0.3, -0.25) is 4.79 Å². The summed E-state index contributed by atoms with van der Waals surface area (Å²) in [6.07, 6.45) is 1.94. The Balaban J connectivity index is 1.49. The highest BCUT2D eigenvalue weighted by Gasteiger charge is 2.36. The number of allylic oxidation sites excluding steroid dienone is 1. The van der Waals surface area contributed by atoms with Gasteiger partial charge in [0.15, 0.2) is 0 Å². The maximum Gasteiger partial charge on any atom is 0.417 e. The fraction of sp³-hybridized carbons (Fsp3) is 0.292. The van der Waals surface area contributed by atoms with Crippen LogP contribution in [-0.4, -0.2) is 29.3 Å².